The molecule has 0 N–H and O–H groups in total. The highest BCUT2D eigenvalue weighted by molar-refractivity contribution is 7.26. The molecule has 0 unspecified atom stereocenters. The monoisotopic (exact) mass is 553 g/mol. The molecule has 0 saturated carbocycles. The van der Waals surface area contributed by atoms with E-state index in [2.05, 4.69) is 169 Å². The Labute approximate surface area is 249 Å². The Morgan fingerprint density at radius 3 is 1.76 bits per heavy atom. The van der Waals surface area contributed by atoms with E-state index >= 15 is 0 Å². The predicted octanol–water partition coefficient (Wildman–Crippen LogP) is 12.0. The minimum absolute atomic E-state index is 1.13. The molecule has 7 aromatic carbocycles. The van der Waals surface area contributed by atoms with E-state index in [0.29, 0.717) is 0 Å². The summed E-state index contributed by atoms with van der Waals surface area (Å²) in [6.07, 6.45) is 0. The van der Waals surface area contributed by atoms with Gasteiger partial charge in [0.25, 0.3) is 0 Å². The number of thiophene rings is 1. The highest BCUT2D eigenvalue weighted by atomic mass is 32.1. The van der Waals surface area contributed by atoms with Crippen LogP contribution in [0.3, 0.4) is 0 Å². The highest BCUT2D eigenvalue weighted by Gasteiger charge is 2.16. The lowest BCUT2D eigenvalue weighted by atomic mass is 10.0. The van der Waals surface area contributed by atoms with Crippen LogP contribution in [0.4, 0.5) is 17.1 Å². The topological polar surface area (TPSA) is 3.24 Å². The SMILES string of the molecule is c1ccc(-c2ccc(N(c3cccc(-c4ccccc4)c3)c3ccc4c(ccc5sc6ccccc6c54)c3)cc2)cc1. The maximum absolute atomic E-state index is 2.37. The molecule has 0 aliphatic heterocycles. The van der Waals surface area contributed by atoms with Gasteiger partial charge in [0.05, 0.1) is 0 Å². The van der Waals surface area contributed by atoms with Crippen LogP contribution in [-0.2, 0) is 0 Å². The zero-order chi connectivity index (χ0) is 27.9. The molecular formula is C40H27NS. The summed E-state index contributed by atoms with van der Waals surface area (Å²) in [5.74, 6) is 0. The molecule has 1 aromatic heterocycles. The zero-order valence-corrected chi connectivity index (χ0v) is 23.8. The van der Waals surface area contributed by atoms with Gasteiger partial charge < -0.3 is 4.90 Å². The Morgan fingerprint density at radius 2 is 0.976 bits per heavy atom. The lowest BCUT2D eigenvalue weighted by molar-refractivity contribution is 1.29. The average molecular weight is 554 g/mol. The van der Waals surface area contributed by atoms with Gasteiger partial charge in [0, 0.05) is 37.2 Å². The number of rotatable bonds is 5. The Morgan fingerprint density at radius 1 is 0.357 bits per heavy atom. The molecule has 0 fully saturated rings. The molecule has 0 atom stereocenters. The highest BCUT2D eigenvalue weighted by Crippen LogP contribution is 2.42. The van der Waals surface area contributed by atoms with Gasteiger partial charge in [0.15, 0.2) is 0 Å². The fourth-order valence-corrected chi connectivity index (χ4v) is 7.14. The van der Waals surface area contributed by atoms with Gasteiger partial charge >= 0.3 is 0 Å². The maximum atomic E-state index is 2.37. The quantitative estimate of drug-likeness (QED) is 0.205. The van der Waals surface area contributed by atoms with Crippen LogP contribution in [0.5, 0.6) is 0 Å². The first-order valence-corrected chi connectivity index (χ1v) is 15.1. The summed E-state index contributed by atoms with van der Waals surface area (Å²) in [5.41, 5.74) is 8.24. The summed E-state index contributed by atoms with van der Waals surface area (Å²) in [4.78, 5) is 2.37. The number of hydrogen-bond donors (Lipinski definition) is 0. The summed E-state index contributed by atoms with van der Waals surface area (Å²) in [5, 5.41) is 5.23. The van der Waals surface area contributed by atoms with Crippen molar-refractivity contribution in [3.63, 3.8) is 0 Å². The first-order chi connectivity index (χ1) is 20.8. The Balaban J connectivity index is 1.29. The van der Waals surface area contributed by atoms with Crippen molar-refractivity contribution >= 4 is 59.3 Å². The van der Waals surface area contributed by atoms with Crippen LogP contribution >= 0.6 is 11.3 Å². The second kappa shape index (κ2) is 10.3. The zero-order valence-electron chi connectivity index (χ0n) is 22.9. The second-order valence-corrected chi connectivity index (χ2v) is 11.7. The summed E-state index contributed by atoms with van der Waals surface area (Å²) >= 11 is 1.87. The molecule has 1 nitrogen and oxygen atoms in total. The van der Waals surface area contributed by atoms with Crippen molar-refractivity contribution in [1.82, 2.24) is 0 Å². The van der Waals surface area contributed by atoms with Crippen molar-refractivity contribution in [2.75, 3.05) is 4.90 Å². The van der Waals surface area contributed by atoms with Crippen LogP contribution < -0.4 is 4.90 Å². The smallest absolute Gasteiger partial charge is 0.0468 e. The van der Waals surface area contributed by atoms with Gasteiger partial charge in [-0.15, -0.1) is 11.3 Å². The van der Waals surface area contributed by atoms with Crippen LogP contribution in [0.2, 0.25) is 0 Å². The molecule has 0 spiro atoms. The second-order valence-electron chi connectivity index (χ2n) is 10.6. The van der Waals surface area contributed by atoms with E-state index in [1.54, 1.807) is 0 Å². The fraction of sp³-hybridized carbons (Fsp3) is 0. The van der Waals surface area contributed by atoms with E-state index in [0.717, 1.165) is 17.1 Å². The van der Waals surface area contributed by atoms with Gasteiger partial charge in [-0.25, -0.2) is 0 Å². The van der Waals surface area contributed by atoms with Gasteiger partial charge in [-0.05, 0) is 81.6 Å². The summed E-state index contributed by atoms with van der Waals surface area (Å²) in [6.45, 7) is 0. The van der Waals surface area contributed by atoms with Crippen molar-refractivity contribution in [3.8, 4) is 22.3 Å². The molecule has 0 aliphatic rings. The molecule has 0 radical (unpaired) electrons. The van der Waals surface area contributed by atoms with E-state index in [1.807, 2.05) is 11.3 Å². The summed E-state index contributed by atoms with van der Waals surface area (Å²) in [6, 6.07) is 59.1. The number of hydrogen-bond acceptors (Lipinski definition) is 2. The van der Waals surface area contributed by atoms with Gasteiger partial charge in [-0.3, -0.25) is 0 Å². The maximum Gasteiger partial charge on any atom is 0.0468 e. The lowest BCUT2D eigenvalue weighted by Crippen LogP contribution is -2.10. The number of nitrogens with zero attached hydrogens (tertiary/aromatic N) is 1. The molecule has 0 bridgehead atoms. The molecule has 0 saturated heterocycles. The van der Waals surface area contributed by atoms with E-state index in [-0.39, 0.29) is 0 Å². The van der Waals surface area contributed by atoms with Gasteiger partial charge in [0.2, 0.25) is 0 Å². The van der Waals surface area contributed by atoms with Crippen molar-refractivity contribution in [1.29, 1.82) is 0 Å². The third-order valence-corrected chi connectivity index (χ3v) is 9.18. The largest absolute Gasteiger partial charge is 0.310 e. The molecule has 0 amide bonds. The third kappa shape index (κ3) is 4.34. The summed E-state index contributed by atoms with van der Waals surface area (Å²) < 4.78 is 2.67. The fourth-order valence-electron chi connectivity index (χ4n) is 6.02. The first kappa shape index (κ1) is 24.6. The molecule has 0 aliphatic carbocycles. The van der Waals surface area contributed by atoms with Crippen molar-refractivity contribution in [2.45, 2.75) is 0 Å². The van der Waals surface area contributed by atoms with Gasteiger partial charge in [0.1, 0.15) is 0 Å². The van der Waals surface area contributed by atoms with E-state index < -0.39 is 0 Å². The predicted molar refractivity (Wildman–Crippen MR) is 182 cm³/mol. The van der Waals surface area contributed by atoms with Crippen molar-refractivity contribution in [2.24, 2.45) is 0 Å². The number of anilines is 3. The van der Waals surface area contributed by atoms with Gasteiger partial charge in [-0.2, -0.15) is 0 Å². The Bertz CT molecular complexity index is 2180. The molecule has 8 aromatic rings. The first-order valence-electron chi connectivity index (χ1n) is 14.3. The van der Waals surface area contributed by atoms with Crippen molar-refractivity contribution < 1.29 is 0 Å². The van der Waals surface area contributed by atoms with Crippen LogP contribution in [0.25, 0.3) is 53.2 Å². The Hall–Kier alpha value is -5.18. The van der Waals surface area contributed by atoms with Crippen LogP contribution in [-0.4, -0.2) is 0 Å². The van der Waals surface area contributed by atoms with Crippen LogP contribution in [0.15, 0.2) is 164 Å². The lowest BCUT2D eigenvalue weighted by Gasteiger charge is -2.26. The normalized spacial score (nSPS) is 11.3. The van der Waals surface area contributed by atoms with Crippen LogP contribution in [0.1, 0.15) is 0 Å². The Kier molecular flexibility index (Phi) is 6.05. The van der Waals surface area contributed by atoms with E-state index in [4.69, 9.17) is 0 Å². The van der Waals surface area contributed by atoms with Gasteiger partial charge in [-0.1, -0.05) is 115 Å². The summed E-state index contributed by atoms with van der Waals surface area (Å²) in [7, 11) is 0. The number of fused-ring (bicyclic) bond motifs is 5. The number of benzene rings is 7. The molecule has 2 heteroatoms. The minimum atomic E-state index is 1.13. The van der Waals surface area contributed by atoms with E-state index in [1.165, 1.54) is 53.2 Å². The third-order valence-electron chi connectivity index (χ3n) is 8.04. The van der Waals surface area contributed by atoms with Crippen molar-refractivity contribution in [3.05, 3.63) is 164 Å². The molecule has 198 valence electrons. The molecule has 42 heavy (non-hydrogen) atoms. The molecule has 1 heterocycles. The molecule has 8 rings (SSSR count). The minimum Gasteiger partial charge on any atom is -0.310 e. The van der Waals surface area contributed by atoms with Crippen LogP contribution in [0, 0.1) is 0 Å². The average Bonchev–Trinajstić information content (AvgIpc) is 3.45. The molecular weight excluding hydrogens is 527 g/mol. The standard InChI is InChI=1S/C40H27NS/c1-3-10-28(11-4-1)30-18-21-33(22-19-30)41(34-15-9-14-31(26-34)29-12-5-2-6-13-29)35-23-24-36-32(27-35)20-25-39-40(36)37-16-7-8-17-38(37)42-39/h1-27H. The van der Waals surface area contributed by atoms with E-state index in [9.17, 15) is 0 Å².